The number of carbonyl (C=O) groups is 1. The lowest BCUT2D eigenvalue weighted by atomic mass is 9.91. The van der Waals surface area contributed by atoms with Gasteiger partial charge in [0.25, 0.3) is 5.91 Å². The Labute approximate surface area is 92.3 Å². The van der Waals surface area contributed by atoms with Crippen molar-refractivity contribution in [3.05, 3.63) is 11.1 Å². The zero-order valence-corrected chi connectivity index (χ0v) is 9.68. The van der Waals surface area contributed by atoms with Gasteiger partial charge in [0.1, 0.15) is 0 Å². The monoisotopic (exact) mass is 205 g/mol. The van der Waals surface area contributed by atoms with Gasteiger partial charge in [-0.05, 0) is 39.5 Å². The SMILES string of the molecule is C#CC1=C(C(=O)N(CC)CC)CCCC1. The summed E-state index contributed by atoms with van der Waals surface area (Å²) in [7, 11) is 0. The number of carbonyl (C=O) groups excluding carboxylic acids is 1. The van der Waals surface area contributed by atoms with Crippen molar-refractivity contribution in [2.24, 2.45) is 0 Å². The molecular formula is C13H19NO. The maximum Gasteiger partial charge on any atom is 0.250 e. The van der Waals surface area contributed by atoms with E-state index < -0.39 is 0 Å². The van der Waals surface area contributed by atoms with Crippen LogP contribution in [-0.4, -0.2) is 23.9 Å². The first-order chi connectivity index (χ1) is 7.24. The Kier molecular flexibility index (Phi) is 4.42. The molecule has 1 rings (SSSR count). The van der Waals surface area contributed by atoms with Crippen LogP contribution in [0.15, 0.2) is 11.1 Å². The fourth-order valence-electron chi connectivity index (χ4n) is 2.00. The highest BCUT2D eigenvalue weighted by molar-refractivity contribution is 5.95. The molecule has 0 unspecified atom stereocenters. The smallest absolute Gasteiger partial charge is 0.250 e. The van der Waals surface area contributed by atoms with Gasteiger partial charge >= 0.3 is 0 Å². The van der Waals surface area contributed by atoms with Crippen LogP contribution >= 0.6 is 0 Å². The van der Waals surface area contributed by atoms with Crippen molar-refractivity contribution >= 4 is 5.91 Å². The Morgan fingerprint density at radius 2 is 1.93 bits per heavy atom. The zero-order chi connectivity index (χ0) is 11.3. The molecule has 0 fully saturated rings. The first-order valence-corrected chi connectivity index (χ1v) is 5.72. The summed E-state index contributed by atoms with van der Waals surface area (Å²) in [5.74, 6) is 2.82. The van der Waals surface area contributed by atoms with E-state index in [1.165, 1.54) is 0 Å². The van der Waals surface area contributed by atoms with Crippen LogP contribution in [0.2, 0.25) is 0 Å². The molecule has 0 saturated carbocycles. The van der Waals surface area contributed by atoms with Crippen molar-refractivity contribution in [3.8, 4) is 12.3 Å². The van der Waals surface area contributed by atoms with Crippen molar-refractivity contribution in [1.82, 2.24) is 4.90 Å². The largest absolute Gasteiger partial charge is 0.339 e. The van der Waals surface area contributed by atoms with Gasteiger partial charge < -0.3 is 4.90 Å². The van der Waals surface area contributed by atoms with E-state index in [1.54, 1.807) is 0 Å². The molecule has 0 radical (unpaired) electrons. The molecule has 0 N–H and O–H groups in total. The van der Waals surface area contributed by atoms with Crippen LogP contribution < -0.4 is 0 Å². The molecule has 0 aromatic carbocycles. The second kappa shape index (κ2) is 5.60. The summed E-state index contributed by atoms with van der Waals surface area (Å²) in [6.45, 7) is 5.52. The average Bonchev–Trinajstić information content (AvgIpc) is 2.30. The van der Waals surface area contributed by atoms with Gasteiger partial charge in [0, 0.05) is 24.2 Å². The summed E-state index contributed by atoms with van der Waals surface area (Å²) in [5.41, 5.74) is 1.81. The minimum atomic E-state index is 0.146. The Morgan fingerprint density at radius 3 is 2.47 bits per heavy atom. The van der Waals surface area contributed by atoms with Crippen molar-refractivity contribution in [3.63, 3.8) is 0 Å². The standard InChI is InChI=1S/C13H19NO/c1-4-11-9-7-8-10-12(11)13(15)14(5-2)6-3/h1H,5-10H2,2-3H3. The van der Waals surface area contributed by atoms with Gasteiger partial charge in [-0.3, -0.25) is 4.79 Å². The van der Waals surface area contributed by atoms with E-state index in [2.05, 4.69) is 5.92 Å². The van der Waals surface area contributed by atoms with Crippen LogP contribution in [0.3, 0.4) is 0 Å². The maximum atomic E-state index is 12.1. The molecule has 1 amide bonds. The van der Waals surface area contributed by atoms with Crippen molar-refractivity contribution in [1.29, 1.82) is 0 Å². The third kappa shape index (κ3) is 2.62. The second-order valence-corrected chi connectivity index (χ2v) is 3.79. The molecule has 0 aromatic heterocycles. The van der Waals surface area contributed by atoms with Crippen LogP contribution in [0, 0.1) is 12.3 Å². The maximum absolute atomic E-state index is 12.1. The molecule has 0 saturated heterocycles. The summed E-state index contributed by atoms with van der Waals surface area (Å²) in [6.07, 6.45) is 9.40. The lowest BCUT2D eigenvalue weighted by Gasteiger charge is -2.23. The predicted molar refractivity (Wildman–Crippen MR) is 62.3 cm³/mol. The van der Waals surface area contributed by atoms with E-state index in [4.69, 9.17) is 6.42 Å². The highest BCUT2D eigenvalue weighted by Crippen LogP contribution is 2.25. The second-order valence-electron chi connectivity index (χ2n) is 3.79. The minimum absolute atomic E-state index is 0.146. The van der Waals surface area contributed by atoms with Crippen molar-refractivity contribution < 1.29 is 4.79 Å². The van der Waals surface area contributed by atoms with Crippen molar-refractivity contribution in [2.75, 3.05) is 13.1 Å². The summed E-state index contributed by atoms with van der Waals surface area (Å²) in [6, 6.07) is 0. The van der Waals surface area contributed by atoms with Crippen LogP contribution in [0.25, 0.3) is 0 Å². The van der Waals surface area contributed by atoms with Gasteiger partial charge in [-0.2, -0.15) is 0 Å². The average molecular weight is 205 g/mol. The molecule has 0 heterocycles. The Balaban J connectivity index is 2.89. The summed E-state index contributed by atoms with van der Waals surface area (Å²) >= 11 is 0. The number of rotatable bonds is 3. The number of hydrogen-bond acceptors (Lipinski definition) is 1. The number of terminal acetylenes is 1. The molecule has 0 spiro atoms. The number of amides is 1. The van der Waals surface area contributed by atoms with Gasteiger partial charge in [-0.15, -0.1) is 6.42 Å². The van der Waals surface area contributed by atoms with E-state index in [1.807, 2.05) is 18.7 Å². The van der Waals surface area contributed by atoms with Crippen LogP contribution in [0.4, 0.5) is 0 Å². The van der Waals surface area contributed by atoms with Gasteiger partial charge in [0.05, 0.1) is 0 Å². The molecule has 2 nitrogen and oxygen atoms in total. The molecule has 0 aromatic rings. The number of hydrogen-bond donors (Lipinski definition) is 0. The molecule has 82 valence electrons. The predicted octanol–water partition coefficient (Wildman–Crippen LogP) is 2.36. The van der Waals surface area contributed by atoms with E-state index in [0.29, 0.717) is 0 Å². The lowest BCUT2D eigenvalue weighted by molar-refractivity contribution is -0.127. The Morgan fingerprint density at radius 1 is 1.33 bits per heavy atom. The van der Waals surface area contributed by atoms with Gasteiger partial charge in [0.15, 0.2) is 0 Å². The quantitative estimate of drug-likeness (QED) is 0.648. The van der Waals surface area contributed by atoms with Crippen LogP contribution in [-0.2, 0) is 4.79 Å². The number of likely N-dealkylation sites (N-methyl/N-ethyl adjacent to an activating group) is 1. The summed E-state index contributed by atoms with van der Waals surface area (Å²) in [5, 5.41) is 0. The normalized spacial score (nSPS) is 16.1. The highest BCUT2D eigenvalue weighted by Gasteiger charge is 2.21. The first-order valence-electron chi connectivity index (χ1n) is 5.72. The molecule has 2 heteroatoms. The van der Waals surface area contributed by atoms with E-state index in [9.17, 15) is 4.79 Å². The van der Waals surface area contributed by atoms with Gasteiger partial charge in [-0.1, -0.05) is 5.92 Å². The molecule has 0 atom stereocenters. The molecular weight excluding hydrogens is 186 g/mol. The highest BCUT2D eigenvalue weighted by atomic mass is 16.2. The fraction of sp³-hybridized carbons (Fsp3) is 0.615. The minimum Gasteiger partial charge on any atom is -0.339 e. The van der Waals surface area contributed by atoms with Crippen LogP contribution in [0.1, 0.15) is 39.5 Å². The van der Waals surface area contributed by atoms with Crippen LogP contribution in [0.5, 0.6) is 0 Å². The summed E-state index contributed by atoms with van der Waals surface area (Å²) in [4.78, 5) is 13.9. The van der Waals surface area contributed by atoms with E-state index in [-0.39, 0.29) is 5.91 Å². The number of nitrogens with zero attached hydrogens (tertiary/aromatic N) is 1. The fourth-order valence-corrected chi connectivity index (χ4v) is 2.00. The van der Waals surface area contributed by atoms with E-state index >= 15 is 0 Å². The Bertz CT molecular complexity index is 305. The number of allylic oxidation sites excluding steroid dienone is 1. The molecule has 15 heavy (non-hydrogen) atoms. The van der Waals surface area contributed by atoms with Gasteiger partial charge in [-0.25, -0.2) is 0 Å². The molecule has 1 aliphatic rings. The van der Waals surface area contributed by atoms with Gasteiger partial charge in [0.2, 0.25) is 0 Å². The van der Waals surface area contributed by atoms with E-state index in [0.717, 1.165) is 49.9 Å². The Hall–Kier alpha value is -1.23. The first kappa shape index (κ1) is 11.8. The topological polar surface area (TPSA) is 20.3 Å². The zero-order valence-electron chi connectivity index (χ0n) is 9.68. The summed E-state index contributed by atoms with van der Waals surface area (Å²) < 4.78 is 0. The third-order valence-corrected chi connectivity index (χ3v) is 2.95. The molecule has 1 aliphatic carbocycles. The lowest BCUT2D eigenvalue weighted by Crippen LogP contribution is -2.32. The third-order valence-electron chi connectivity index (χ3n) is 2.95. The van der Waals surface area contributed by atoms with Crippen molar-refractivity contribution in [2.45, 2.75) is 39.5 Å². The molecule has 0 bridgehead atoms. The molecule has 0 aliphatic heterocycles.